The molecule has 24 heavy (non-hydrogen) atoms. The van der Waals surface area contributed by atoms with Gasteiger partial charge in [0, 0.05) is 6.42 Å². The van der Waals surface area contributed by atoms with Crippen LogP contribution in [0.5, 0.6) is 0 Å². The molecule has 0 aliphatic heterocycles. The summed E-state index contributed by atoms with van der Waals surface area (Å²) in [6, 6.07) is 0. The first-order chi connectivity index (χ1) is 11.3. The third kappa shape index (κ3) is 2.13. The molecule has 4 rings (SSSR count). The Kier molecular flexibility index (Phi) is 3.78. The SMILES string of the molecule is C[C@H](O)[C@H]1CC[C@H]2[C@@H]3CCC4=CC(=O)CC[C@]4(C)[C@H]3[C@H](O)C[C@]12C. The number of hydrogen-bond acceptors (Lipinski definition) is 3. The van der Waals surface area contributed by atoms with E-state index in [1.807, 2.05) is 13.0 Å². The summed E-state index contributed by atoms with van der Waals surface area (Å²) in [7, 11) is 0. The normalized spacial score (nSPS) is 52.1. The first-order valence-corrected chi connectivity index (χ1v) is 9.87. The van der Waals surface area contributed by atoms with Gasteiger partial charge in [-0.05, 0) is 86.0 Å². The lowest BCUT2D eigenvalue weighted by Gasteiger charge is -2.60. The molecular formula is C21H32O3. The molecule has 0 spiro atoms. The maximum Gasteiger partial charge on any atom is 0.155 e. The molecule has 0 radical (unpaired) electrons. The van der Waals surface area contributed by atoms with Gasteiger partial charge in [-0.15, -0.1) is 0 Å². The second-order valence-electron chi connectivity index (χ2n) is 9.59. The molecule has 134 valence electrons. The molecule has 0 saturated heterocycles. The van der Waals surface area contributed by atoms with Crippen LogP contribution in [-0.4, -0.2) is 28.2 Å². The van der Waals surface area contributed by atoms with Gasteiger partial charge in [0.2, 0.25) is 0 Å². The fraction of sp³-hybridized carbons (Fsp3) is 0.857. The van der Waals surface area contributed by atoms with E-state index in [4.69, 9.17) is 0 Å². The van der Waals surface area contributed by atoms with Crippen molar-refractivity contribution in [3.63, 3.8) is 0 Å². The highest BCUT2D eigenvalue weighted by Gasteiger charge is 2.62. The van der Waals surface area contributed by atoms with Crippen molar-refractivity contribution in [3.05, 3.63) is 11.6 Å². The lowest BCUT2D eigenvalue weighted by Crippen LogP contribution is -2.57. The summed E-state index contributed by atoms with van der Waals surface area (Å²) in [6.07, 6.45) is 8.04. The Morgan fingerprint density at radius 2 is 1.96 bits per heavy atom. The highest BCUT2D eigenvalue weighted by molar-refractivity contribution is 5.91. The molecule has 3 fully saturated rings. The van der Waals surface area contributed by atoms with E-state index in [2.05, 4.69) is 13.8 Å². The molecule has 3 nitrogen and oxygen atoms in total. The van der Waals surface area contributed by atoms with Gasteiger partial charge in [-0.3, -0.25) is 4.79 Å². The Morgan fingerprint density at radius 3 is 2.67 bits per heavy atom. The minimum Gasteiger partial charge on any atom is -0.393 e. The summed E-state index contributed by atoms with van der Waals surface area (Å²) >= 11 is 0. The van der Waals surface area contributed by atoms with Crippen molar-refractivity contribution in [2.75, 3.05) is 0 Å². The largest absolute Gasteiger partial charge is 0.393 e. The van der Waals surface area contributed by atoms with Crippen molar-refractivity contribution in [1.82, 2.24) is 0 Å². The third-order valence-electron chi connectivity index (χ3n) is 8.55. The van der Waals surface area contributed by atoms with Crippen LogP contribution >= 0.6 is 0 Å². The van der Waals surface area contributed by atoms with Gasteiger partial charge in [-0.25, -0.2) is 0 Å². The molecule has 0 bridgehead atoms. The Hall–Kier alpha value is -0.670. The van der Waals surface area contributed by atoms with Crippen LogP contribution in [0.15, 0.2) is 11.6 Å². The van der Waals surface area contributed by atoms with E-state index < -0.39 is 0 Å². The van der Waals surface area contributed by atoms with Gasteiger partial charge in [-0.2, -0.15) is 0 Å². The van der Waals surface area contributed by atoms with E-state index in [0.717, 1.165) is 32.1 Å². The lowest BCUT2D eigenvalue weighted by atomic mass is 9.46. The molecule has 3 saturated carbocycles. The Morgan fingerprint density at radius 1 is 1.21 bits per heavy atom. The van der Waals surface area contributed by atoms with E-state index in [1.165, 1.54) is 12.0 Å². The Balaban J connectivity index is 1.71. The molecule has 0 aromatic carbocycles. The quantitative estimate of drug-likeness (QED) is 0.773. The van der Waals surface area contributed by atoms with Crippen molar-refractivity contribution in [3.8, 4) is 0 Å². The third-order valence-corrected chi connectivity index (χ3v) is 8.55. The van der Waals surface area contributed by atoms with Crippen LogP contribution in [0.25, 0.3) is 0 Å². The molecule has 0 unspecified atom stereocenters. The molecule has 0 amide bonds. The topological polar surface area (TPSA) is 57.5 Å². The Bertz CT molecular complexity index is 580. The maximum absolute atomic E-state index is 11.9. The van der Waals surface area contributed by atoms with Crippen LogP contribution in [0, 0.1) is 34.5 Å². The van der Waals surface area contributed by atoms with Gasteiger partial charge < -0.3 is 10.2 Å². The molecule has 0 heterocycles. The van der Waals surface area contributed by atoms with Gasteiger partial charge in [0.25, 0.3) is 0 Å². The van der Waals surface area contributed by atoms with Crippen molar-refractivity contribution in [2.24, 2.45) is 34.5 Å². The summed E-state index contributed by atoms with van der Waals surface area (Å²) in [5, 5.41) is 21.5. The first kappa shape index (κ1) is 16.8. The number of ketones is 1. The summed E-state index contributed by atoms with van der Waals surface area (Å²) in [5.74, 6) is 2.03. The van der Waals surface area contributed by atoms with E-state index in [0.29, 0.717) is 24.2 Å². The van der Waals surface area contributed by atoms with Crippen molar-refractivity contribution in [2.45, 2.75) is 77.9 Å². The molecule has 0 aromatic rings. The van der Waals surface area contributed by atoms with Gasteiger partial charge in [0.15, 0.2) is 5.78 Å². The zero-order valence-corrected chi connectivity index (χ0v) is 15.3. The van der Waals surface area contributed by atoms with Crippen molar-refractivity contribution < 1.29 is 15.0 Å². The minimum atomic E-state index is -0.308. The molecular weight excluding hydrogens is 300 g/mol. The number of hydrogen-bond donors (Lipinski definition) is 2. The zero-order valence-electron chi connectivity index (χ0n) is 15.3. The van der Waals surface area contributed by atoms with E-state index >= 15 is 0 Å². The summed E-state index contributed by atoms with van der Waals surface area (Å²) in [5.41, 5.74) is 1.37. The fourth-order valence-electron chi connectivity index (χ4n) is 7.52. The number of carbonyl (C=O) groups excluding carboxylic acids is 1. The zero-order chi connectivity index (χ0) is 17.3. The van der Waals surface area contributed by atoms with Gasteiger partial charge in [-0.1, -0.05) is 19.4 Å². The molecule has 4 aliphatic carbocycles. The van der Waals surface area contributed by atoms with Crippen molar-refractivity contribution in [1.29, 1.82) is 0 Å². The predicted octanol–water partition coefficient (Wildman–Crippen LogP) is 3.49. The number of rotatable bonds is 1. The molecule has 2 N–H and O–H groups in total. The van der Waals surface area contributed by atoms with Crippen LogP contribution in [0.3, 0.4) is 0 Å². The molecule has 0 aromatic heterocycles. The standard InChI is InChI=1S/C21H32O3/c1-12(22)16-6-7-17-15-5-4-13-10-14(23)8-9-20(13,2)19(15)18(24)11-21(16,17)3/h10,12,15-19,22,24H,4-9,11H2,1-3H3/t12-,15-,16+,17-,18+,19+,20-,21+/m0/s1. The van der Waals surface area contributed by atoms with Crippen LogP contribution in [0.4, 0.5) is 0 Å². The van der Waals surface area contributed by atoms with Crippen molar-refractivity contribution >= 4 is 5.78 Å². The van der Waals surface area contributed by atoms with E-state index in [1.54, 1.807) is 0 Å². The lowest BCUT2D eigenvalue weighted by molar-refractivity contribution is -0.140. The van der Waals surface area contributed by atoms with Crippen LogP contribution in [-0.2, 0) is 4.79 Å². The molecule has 3 heteroatoms. The van der Waals surface area contributed by atoms with E-state index in [-0.39, 0.29) is 34.7 Å². The number of aliphatic hydroxyl groups excluding tert-OH is 2. The summed E-state index contributed by atoms with van der Waals surface area (Å²) in [4.78, 5) is 11.9. The summed E-state index contributed by atoms with van der Waals surface area (Å²) in [6.45, 7) is 6.54. The fourth-order valence-corrected chi connectivity index (χ4v) is 7.52. The van der Waals surface area contributed by atoms with Crippen LogP contribution in [0.1, 0.15) is 65.7 Å². The van der Waals surface area contributed by atoms with E-state index in [9.17, 15) is 15.0 Å². The maximum atomic E-state index is 11.9. The smallest absolute Gasteiger partial charge is 0.155 e. The minimum absolute atomic E-state index is 0.000487. The van der Waals surface area contributed by atoms with Gasteiger partial charge in [0.1, 0.15) is 0 Å². The first-order valence-electron chi connectivity index (χ1n) is 9.87. The van der Waals surface area contributed by atoms with Crippen LogP contribution < -0.4 is 0 Å². The monoisotopic (exact) mass is 332 g/mol. The number of allylic oxidation sites excluding steroid dienone is 1. The number of carbonyl (C=O) groups is 1. The summed E-state index contributed by atoms with van der Waals surface area (Å²) < 4.78 is 0. The Labute approximate surface area is 145 Å². The second-order valence-corrected chi connectivity index (χ2v) is 9.59. The van der Waals surface area contributed by atoms with Gasteiger partial charge >= 0.3 is 0 Å². The molecule has 8 atom stereocenters. The number of aliphatic hydroxyl groups is 2. The van der Waals surface area contributed by atoms with Gasteiger partial charge in [0.05, 0.1) is 12.2 Å². The predicted molar refractivity (Wildman–Crippen MR) is 93.3 cm³/mol. The highest BCUT2D eigenvalue weighted by atomic mass is 16.3. The molecule has 4 aliphatic rings. The average molecular weight is 332 g/mol. The average Bonchev–Trinajstić information content (AvgIpc) is 2.84. The highest BCUT2D eigenvalue weighted by Crippen LogP contribution is 2.66. The number of fused-ring (bicyclic) bond motifs is 5. The van der Waals surface area contributed by atoms with Crippen LogP contribution in [0.2, 0.25) is 0 Å². The second kappa shape index (κ2) is 5.41.